The predicted molar refractivity (Wildman–Crippen MR) is 61.9 cm³/mol. The third-order valence-electron chi connectivity index (χ3n) is 2.64. The summed E-state index contributed by atoms with van der Waals surface area (Å²) in [5.41, 5.74) is 0. The number of aliphatic hydroxyl groups excluding tert-OH is 2. The average molecular weight is 232 g/mol. The molecule has 96 valence electrons. The van der Waals surface area contributed by atoms with Crippen molar-refractivity contribution in [2.75, 3.05) is 19.8 Å². The molecular formula is C12H24O4. The van der Waals surface area contributed by atoms with Crippen molar-refractivity contribution in [2.24, 2.45) is 11.8 Å². The highest BCUT2D eigenvalue weighted by molar-refractivity contribution is 5.71. The van der Waals surface area contributed by atoms with E-state index in [1.54, 1.807) is 0 Å². The molecular weight excluding hydrogens is 208 g/mol. The van der Waals surface area contributed by atoms with E-state index in [4.69, 9.17) is 14.9 Å². The first-order chi connectivity index (χ1) is 7.65. The first-order valence-electron chi connectivity index (χ1n) is 6.04. The van der Waals surface area contributed by atoms with Gasteiger partial charge < -0.3 is 14.9 Å². The van der Waals surface area contributed by atoms with Crippen molar-refractivity contribution in [2.45, 2.75) is 39.5 Å². The van der Waals surface area contributed by atoms with Crippen molar-refractivity contribution in [3.63, 3.8) is 0 Å². The minimum absolute atomic E-state index is 0.0172. The Kier molecular flexibility index (Phi) is 9.24. The van der Waals surface area contributed by atoms with Gasteiger partial charge in [-0.15, -0.1) is 0 Å². The smallest absolute Gasteiger partial charge is 0.308 e. The average Bonchev–Trinajstić information content (AvgIpc) is 2.29. The second-order valence-electron chi connectivity index (χ2n) is 4.23. The molecule has 0 aliphatic heterocycles. The van der Waals surface area contributed by atoms with Gasteiger partial charge in [0, 0.05) is 19.1 Å². The SMILES string of the molecule is CCCC(C)C(=O)OCCCC(CO)CO. The maximum Gasteiger partial charge on any atom is 0.308 e. The van der Waals surface area contributed by atoms with Crippen LogP contribution in [0.4, 0.5) is 0 Å². The molecule has 0 saturated carbocycles. The molecule has 0 aliphatic carbocycles. The quantitative estimate of drug-likeness (QED) is 0.465. The third-order valence-corrected chi connectivity index (χ3v) is 2.64. The van der Waals surface area contributed by atoms with Crippen molar-refractivity contribution < 1.29 is 19.7 Å². The predicted octanol–water partition coefficient (Wildman–Crippen LogP) is 1.35. The topological polar surface area (TPSA) is 66.8 Å². The fourth-order valence-corrected chi connectivity index (χ4v) is 1.48. The van der Waals surface area contributed by atoms with E-state index >= 15 is 0 Å². The van der Waals surface area contributed by atoms with Crippen LogP contribution in [0.5, 0.6) is 0 Å². The third kappa shape index (κ3) is 6.80. The number of esters is 1. The minimum atomic E-state index is -0.147. The Bertz CT molecular complexity index is 178. The summed E-state index contributed by atoms with van der Waals surface area (Å²) in [5.74, 6) is -0.269. The number of hydrogen-bond acceptors (Lipinski definition) is 4. The molecule has 0 fully saturated rings. The van der Waals surface area contributed by atoms with Crippen molar-refractivity contribution in [1.82, 2.24) is 0 Å². The molecule has 0 heterocycles. The van der Waals surface area contributed by atoms with Gasteiger partial charge in [-0.25, -0.2) is 0 Å². The molecule has 0 aromatic rings. The van der Waals surface area contributed by atoms with Gasteiger partial charge >= 0.3 is 5.97 Å². The molecule has 0 saturated heterocycles. The van der Waals surface area contributed by atoms with Gasteiger partial charge in [-0.1, -0.05) is 20.3 Å². The highest BCUT2D eigenvalue weighted by Gasteiger charge is 2.13. The standard InChI is InChI=1S/C12H24O4/c1-3-5-10(2)12(15)16-7-4-6-11(8-13)9-14/h10-11,13-14H,3-9H2,1-2H3. The summed E-state index contributed by atoms with van der Waals surface area (Å²) in [4.78, 5) is 11.4. The van der Waals surface area contributed by atoms with E-state index in [2.05, 4.69) is 0 Å². The number of carbonyl (C=O) groups excluding carboxylic acids is 1. The summed E-state index contributed by atoms with van der Waals surface area (Å²) >= 11 is 0. The Hall–Kier alpha value is -0.610. The van der Waals surface area contributed by atoms with Gasteiger partial charge in [-0.3, -0.25) is 4.79 Å². The van der Waals surface area contributed by atoms with Crippen molar-refractivity contribution in [1.29, 1.82) is 0 Å². The Morgan fingerprint density at radius 2 is 1.88 bits per heavy atom. The molecule has 2 N–H and O–H groups in total. The number of aliphatic hydroxyl groups is 2. The van der Waals surface area contributed by atoms with Crippen LogP contribution in [-0.4, -0.2) is 36.0 Å². The fraction of sp³-hybridized carbons (Fsp3) is 0.917. The maximum absolute atomic E-state index is 11.4. The minimum Gasteiger partial charge on any atom is -0.465 e. The lowest BCUT2D eigenvalue weighted by Crippen LogP contribution is -2.17. The number of carbonyl (C=O) groups is 1. The zero-order valence-corrected chi connectivity index (χ0v) is 10.3. The summed E-state index contributed by atoms with van der Waals surface area (Å²) in [7, 11) is 0. The van der Waals surface area contributed by atoms with Gasteiger partial charge in [0.25, 0.3) is 0 Å². The van der Waals surface area contributed by atoms with E-state index < -0.39 is 0 Å². The largest absolute Gasteiger partial charge is 0.465 e. The van der Waals surface area contributed by atoms with Crippen LogP contribution in [-0.2, 0) is 9.53 Å². The summed E-state index contributed by atoms with van der Waals surface area (Å²) in [6.07, 6.45) is 3.21. The van der Waals surface area contributed by atoms with Crippen LogP contribution in [0.1, 0.15) is 39.5 Å². The second kappa shape index (κ2) is 9.60. The van der Waals surface area contributed by atoms with Crippen molar-refractivity contribution >= 4 is 5.97 Å². The van der Waals surface area contributed by atoms with E-state index in [1.807, 2.05) is 13.8 Å². The molecule has 0 rings (SSSR count). The number of ether oxygens (including phenoxy) is 1. The van der Waals surface area contributed by atoms with Gasteiger partial charge in [0.1, 0.15) is 0 Å². The Labute approximate surface area is 97.6 Å². The van der Waals surface area contributed by atoms with E-state index in [1.165, 1.54) is 0 Å². The molecule has 1 atom stereocenters. The summed E-state index contributed by atoms with van der Waals surface area (Å²) < 4.78 is 5.09. The Morgan fingerprint density at radius 1 is 1.25 bits per heavy atom. The van der Waals surface area contributed by atoms with Crippen LogP contribution in [0, 0.1) is 11.8 Å². The highest BCUT2D eigenvalue weighted by Crippen LogP contribution is 2.09. The molecule has 0 bridgehead atoms. The Morgan fingerprint density at radius 3 is 2.38 bits per heavy atom. The summed E-state index contributed by atoms with van der Waals surface area (Å²) in [6.45, 7) is 4.25. The molecule has 0 aromatic carbocycles. The van der Waals surface area contributed by atoms with Crippen LogP contribution in [0.2, 0.25) is 0 Å². The molecule has 0 amide bonds. The van der Waals surface area contributed by atoms with Gasteiger partial charge in [0.15, 0.2) is 0 Å². The molecule has 16 heavy (non-hydrogen) atoms. The lowest BCUT2D eigenvalue weighted by atomic mass is 10.1. The zero-order chi connectivity index (χ0) is 12.4. The molecule has 0 radical (unpaired) electrons. The van der Waals surface area contributed by atoms with Crippen LogP contribution in [0.15, 0.2) is 0 Å². The Balaban J connectivity index is 3.54. The van der Waals surface area contributed by atoms with Crippen LogP contribution >= 0.6 is 0 Å². The van der Waals surface area contributed by atoms with Gasteiger partial charge in [-0.2, -0.15) is 0 Å². The monoisotopic (exact) mass is 232 g/mol. The lowest BCUT2D eigenvalue weighted by molar-refractivity contribution is -0.148. The van der Waals surface area contributed by atoms with Gasteiger partial charge in [0.05, 0.1) is 12.5 Å². The fourth-order valence-electron chi connectivity index (χ4n) is 1.48. The first-order valence-corrected chi connectivity index (χ1v) is 6.04. The van der Waals surface area contributed by atoms with E-state index in [-0.39, 0.29) is 31.0 Å². The van der Waals surface area contributed by atoms with E-state index in [9.17, 15) is 4.79 Å². The van der Waals surface area contributed by atoms with Crippen LogP contribution in [0.3, 0.4) is 0 Å². The normalized spacial score (nSPS) is 12.8. The molecule has 1 unspecified atom stereocenters. The van der Waals surface area contributed by atoms with Crippen LogP contribution in [0.25, 0.3) is 0 Å². The molecule has 0 aliphatic rings. The summed E-state index contributed by atoms with van der Waals surface area (Å²) in [5, 5.41) is 17.6. The van der Waals surface area contributed by atoms with Gasteiger partial charge in [0.2, 0.25) is 0 Å². The number of rotatable bonds is 9. The number of hydrogen-bond donors (Lipinski definition) is 2. The van der Waals surface area contributed by atoms with Gasteiger partial charge in [-0.05, 0) is 19.3 Å². The van der Waals surface area contributed by atoms with E-state index in [0.29, 0.717) is 19.4 Å². The van der Waals surface area contributed by atoms with Crippen molar-refractivity contribution in [3.05, 3.63) is 0 Å². The van der Waals surface area contributed by atoms with Crippen molar-refractivity contribution in [3.8, 4) is 0 Å². The maximum atomic E-state index is 11.4. The molecule has 4 nitrogen and oxygen atoms in total. The summed E-state index contributed by atoms with van der Waals surface area (Å²) in [6, 6.07) is 0. The highest BCUT2D eigenvalue weighted by atomic mass is 16.5. The first kappa shape index (κ1) is 15.4. The second-order valence-corrected chi connectivity index (χ2v) is 4.23. The molecule has 4 heteroatoms. The van der Waals surface area contributed by atoms with Crippen LogP contribution < -0.4 is 0 Å². The zero-order valence-electron chi connectivity index (χ0n) is 10.3. The van der Waals surface area contributed by atoms with E-state index in [0.717, 1.165) is 12.8 Å². The molecule has 0 spiro atoms. The molecule has 0 aromatic heterocycles. The lowest BCUT2D eigenvalue weighted by Gasteiger charge is -2.12.